The van der Waals surface area contributed by atoms with Gasteiger partial charge in [0.25, 0.3) is 0 Å². The van der Waals surface area contributed by atoms with E-state index in [2.05, 4.69) is 29.8 Å². The number of thiocarbonyl (C=S) groups is 1. The summed E-state index contributed by atoms with van der Waals surface area (Å²) in [6.45, 7) is 2.15. The molecule has 1 aromatic heterocycles. The van der Waals surface area contributed by atoms with Crippen molar-refractivity contribution in [1.29, 1.82) is 0 Å². The summed E-state index contributed by atoms with van der Waals surface area (Å²) in [5, 5.41) is 5.60. The third-order valence-electron chi connectivity index (χ3n) is 3.12. The third-order valence-corrected chi connectivity index (χ3v) is 4.32. The van der Waals surface area contributed by atoms with Gasteiger partial charge in [-0.2, -0.15) is 0 Å². The molecule has 0 saturated carbocycles. The largest absolute Gasteiger partial charge is 0.497 e. The summed E-state index contributed by atoms with van der Waals surface area (Å²) in [5.41, 5.74) is 7.55. The van der Waals surface area contributed by atoms with Crippen LogP contribution in [0.3, 0.4) is 0 Å². The van der Waals surface area contributed by atoms with Gasteiger partial charge >= 0.3 is 0 Å². The minimum Gasteiger partial charge on any atom is -0.497 e. The highest BCUT2D eigenvalue weighted by Gasteiger charge is 2.14. The van der Waals surface area contributed by atoms with Crippen LogP contribution in [0.4, 0.5) is 5.69 Å². The van der Waals surface area contributed by atoms with Crippen molar-refractivity contribution in [3.05, 3.63) is 46.2 Å². The number of benzene rings is 1. The van der Waals surface area contributed by atoms with Crippen LogP contribution < -0.4 is 15.8 Å². The average Bonchev–Trinajstić information content (AvgIpc) is 2.98. The molecule has 2 aromatic rings. The minimum absolute atomic E-state index is 0.246. The van der Waals surface area contributed by atoms with E-state index >= 15 is 0 Å². The van der Waals surface area contributed by atoms with Crippen LogP contribution in [-0.4, -0.2) is 12.1 Å². The van der Waals surface area contributed by atoms with Crippen LogP contribution in [-0.2, 0) is 0 Å². The van der Waals surface area contributed by atoms with Gasteiger partial charge in [0.15, 0.2) is 0 Å². The van der Waals surface area contributed by atoms with Gasteiger partial charge in [-0.3, -0.25) is 0 Å². The molecule has 1 aromatic carbocycles. The molecule has 0 saturated heterocycles. The number of ether oxygens (including phenoxy) is 1. The number of hydrogen-bond donors (Lipinski definition) is 2. The second-order valence-electron chi connectivity index (χ2n) is 4.40. The van der Waals surface area contributed by atoms with Crippen molar-refractivity contribution in [2.75, 3.05) is 12.4 Å². The van der Waals surface area contributed by atoms with Gasteiger partial charge in [0.1, 0.15) is 10.7 Å². The first-order chi connectivity index (χ1) is 9.65. The van der Waals surface area contributed by atoms with Crippen LogP contribution >= 0.6 is 23.6 Å². The average molecular weight is 306 g/mol. The van der Waals surface area contributed by atoms with E-state index in [0.717, 1.165) is 23.4 Å². The summed E-state index contributed by atoms with van der Waals surface area (Å²) in [6.07, 6.45) is 0.981. The predicted octanol–water partition coefficient (Wildman–Crippen LogP) is 3.95. The lowest BCUT2D eigenvalue weighted by atomic mass is 10.1. The van der Waals surface area contributed by atoms with E-state index in [4.69, 9.17) is 22.7 Å². The number of nitrogens with two attached hydrogens (primary N) is 1. The number of methoxy groups -OCH3 is 1. The Hall–Kier alpha value is -1.59. The van der Waals surface area contributed by atoms with E-state index in [9.17, 15) is 0 Å². The highest BCUT2D eigenvalue weighted by molar-refractivity contribution is 7.80. The molecular weight excluding hydrogens is 288 g/mol. The fraction of sp³-hybridized carbons (Fsp3) is 0.267. The summed E-state index contributed by atoms with van der Waals surface area (Å²) in [4.78, 5) is 1.68. The third kappa shape index (κ3) is 3.29. The molecule has 1 unspecified atom stereocenters. The van der Waals surface area contributed by atoms with Crippen LogP contribution in [0.1, 0.15) is 29.8 Å². The zero-order valence-electron chi connectivity index (χ0n) is 11.6. The monoisotopic (exact) mass is 306 g/mol. The Labute approximate surface area is 128 Å². The van der Waals surface area contributed by atoms with Crippen LogP contribution in [0.5, 0.6) is 5.75 Å². The summed E-state index contributed by atoms with van der Waals surface area (Å²) >= 11 is 6.86. The molecular formula is C15H18N2OS2. The molecule has 0 bridgehead atoms. The standard InChI is InChI=1S/C15H18N2OS2/c1-3-12(14-5-4-8-20-14)17-13-9-10(18-2)6-7-11(13)15(16)19/h4-9,12,17H,3H2,1-2H3,(H2,16,19). The number of hydrogen-bond acceptors (Lipinski definition) is 4. The van der Waals surface area contributed by atoms with Gasteiger partial charge in [-0.1, -0.05) is 25.2 Å². The Morgan fingerprint density at radius 3 is 2.80 bits per heavy atom. The van der Waals surface area contributed by atoms with Crippen molar-refractivity contribution in [2.24, 2.45) is 5.73 Å². The Morgan fingerprint density at radius 1 is 1.45 bits per heavy atom. The zero-order valence-corrected chi connectivity index (χ0v) is 13.2. The number of thiophene rings is 1. The molecule has 20 heavy (non-hydrogen) atoms. The van der Waals surface area contributed by atoms with Crippen LogP contribution in [0.15, 0.2) is 35.7 Å². The van der Waals surface area contributed by atoms with Gasteiger partial charge in [-0.25, -0.2) is 0 Å². The topological polar surface area (TPSA) is 47.3 Å². The summed E-state index contributed by atoms with van der Waals surface area (Å²) < 4.78 is 5.27. The maximum atomic E-state index is 5.80. The Kier molecular flexibility index (Phi) is 4.98. The molecule has 0 aliphatic rings. The molecule has 5 heteroatoms. The molecule has 1 atom stereocenters. The molecule has 106 valence electrons. The van der Waals surface area contributed by atoms with Gasteiger partial charge < -0.3 is 15.8 Å². The Morgan fingerprint density at radius 2 is 2.25 bits per heavy atom. The summed E-state index contributed by atoms with van der Waals surface area (Å²) in [6, 6.07) is 10.1. The van der Waals surface area contributed by atoms with Crippen molar-refractivity contribution in [2.45, 2.75) is 19.4 Å². The Bertz CT molecular complexity index is 582. The van der Waals surface area contributed by atoms with Crippen LogP contribution in [0, 0.1) is 0 Å². The molecule has 0 radical (unpaired) electrons. The normalized spacial score (nSPS) is 11.9. The first-order valence-corrected chi connectivity index (χ1v) is 7.72. The summed E-state index contributed by atoms with van der Waals surface area (Å²) in [5.74, 6) is 0.786. The van der Waals surface area contributed by atoms with E-state index in [0.29, 0.717) is 4.99 Å². The highest BCUT2D eigenvalue weighted by Crippen LogP contribution is 2.30. The second kappa shape index (κ2) is 6.72. The predicted molar refractivity (Wildman–Crippen MR) is 89.9 cm³/mol. The number of nitrogens with one attached hydrogen (secondary N) is 1. The van der Waals surface area contributed by atoms with Gasteiger partial charge in [0.2, 0.25) is 0 Å². The zero-order chi connectivity index (χ0) is 14.5. The van der Waals surface area contributed by atoms with Gasteiger partial charge in [0.05, 0.1) is 13.2 Å². The number of rotatable bonds is 6. The molecule has 0 amide bonds. The fourth-order valence-electron chi connectivity index (χ4n) is 2.04. The molecule has 1 heterocycles. The fourth-order valence-corrected chi connectivity index (χ4v) is 3.08. The molecule has 3 nitrogen and oxygen atoms in total. The smallest absolute Gasteiger partial charge is 0.120 e. The van der Waals surface area contributed by atoms with Crippen LogP contribution in [0.25, 0.3) is 0 Å². The van der Waals surface area contributed by atoms with Crippen LogP contribution in [0.2, 0.25) is 0 Å². The number of anilines is 1. The molecule has 0 aliphatic carbocycles. The second-order valence-corrected chi connectivity index (χ2v) is 5.82. The SMILES string of the molecule is CCC(Nc1cc(OC)ccc1C(N)=S)c1cccs1. The molecule has 0 aliphatic heterocycles. The maximum Gasteiger partial charge on any atom is 0.120 e. The maximum absolute atomic E-state index is 5.80. The van der Waals surface area contributed by atoms with Crippen molar-refractivity contribution in [1.82, 2.24) is 0 Å². The molecule has 2 rings (SSSR count). The molecule has 0 fully saturated rings. The van der Waals surface area contributed by atoms with Crippen molar-refractivity contribution in [3.8, 4) is 5.75 Å². The van der Waals surface area contributed by atoms with Gasteiger partial charge in [0, 0.05) is 22.2 Å². The van der Waals surface area contributed by atoms with Gasteiger partial charge in [-0.15, -0.1) is 11.3 Å². The van der Waals surface area contributed by atoms with E-state index in [1.165, 1.54) is 4.88 Å². The lowest BCUT2D eigenvalue weighted by molar-refractivity contribution is 0.415. The highest BCUT2D eigenvalue weighted by atomic mass is 32.1. The van der Waals surface area contributed by atoms with E-state index in [1.54, 1.807) is 18.4 Å². The lowest BCUT2D eigenvalue weighted by Crippen LogP contribution is -2.15. The lowest BCUT2D eigenvalue weighted by Gasteiger charge is -2.20. The van der Waals surface area contributed by atoms with E-state index < -0.39 is 0 Å². The van der Waals surface area contributed by atoms with E-state index in [1.807, 2.05) is 18.2 Å². The Balaban J connectivity index is 2.33. The van der Waals surface area contributed by atoms with E-state index in [-0.39, 0.29) is 6.04 Å². The minimum atomic E-state index is 0.246. The quantitative estimate of drug-likeness (QED) is 0.793. The first-order valence-electron chi connectivity index (χ1n) is 6.43. The molecule has 3 N–H and O–H groups in total. The van der Waals surface area contributed by atoms with Crippen molar-refractivity contribution >= 4 is 34.2 Å². The van der Waals surface area contributed by atoms with Crippen molar-refractivity contribution in [3.63, 3.8) is 0 Å². The van der Waals surface area contributed by atoms with Gasteiger partial charge in [-0.05, 0) is 30.0 Å². The summed E-state index contributed by atoms with van der Waals surface area (Å²) in [7, 11) is 1.65. The molecule has 0 spiro atoms. The van der Waals surface area contributed by atoms with Crippen molar-refractivity contribution < 1.29 is 4.74 Å². The first kappa shape index (κ1) is 14.8.